The zero-order valence-electron chi connectivity index (χ0n) is 16.3. The van der Waals surface area contributed by atoms with Crippen molar-refractivity contribution in [1.29, 1.82) is 0 Å². The van der Waals surface area contributed by atoms with E-state index in [1.165, 1.54) is 11.1 Å². The minimum absolute atomic E-state index is 0. The van der Waals surface area contributed by atoms with E-state index in [-0.39, 0.29) is 18.3 Å². The Morgan fingerprint density at radius 2 is 1.93 bits per heavy atom. The monoisotopic (exact) mass is 401 g/mol. The van der Waals surface area contributed by atoms with Gasteiger partial charge in [0, 0.05) is 38.0 Å². The second-order valence-electron chi connectivity index (χ2n) is 8.21. The van der Waals surface area contributed by atoms with Gasteiger partial charge in [0.05, 0.1) is 6.54 Å². The summed E-state index contributed by atoms with van der Waals surface area (Å²) in [5.74, 6) is 3.58. The molecule has 3 heterocycles. The standard InChI is InChI=1S/C21H27N5O.ClH/c1-14-4-2-3-5-16(14)17-12-18(17)21(27)25-9-6-15(7-10-25)20-24-23-19-13-22-8-11-26(19)20;/h2-5,15,17-18,22H,6-13H2,1H3;1H. The molecule has 5 rings (SSSR count). The van der Waals surface area contributed by atoms with Gasteiger partial charge in [0.25, 0.3) is 0 Å². The number of amides is 1. The Hall–Kier alpha value is -1.92. The van der Waals surface area contributed by atoms with Gasteiger partial charge in [-0.15, -0.1) is 22.6 Å². The molecule has 28 heavy (non-hydrogen) atoms. The van der Waals surface area contributed by atoms with Crippen molar-refractivity contribution in [3.05, 3.63) is 47.0 Å². The summed E-state index contributed by atoms with van der Waals surface area (Å²) in [5.41, 5.74) is 2.66. The van der Waals surface area contributed by atoms with E-state index in [0.717, 1.165) is 63.6 Å². The molecule has 0 spiro atoms. The maximum atomic E-state index is 13.0. The van der Waals surface area contributed by atoms with Crippen LogP contribution in [-0.4, -0.2) is 45.2 Å². The minimum Gasteiger partial charge on any atom is -0.342 e. The fraction of sp³-hybridized carbons (Fsp3) is 0.571. The number of hydrogen-bond donors (Lipinski definition) is 1. The Balaban J connectivity index is 0.00000192. The molecule has 1 aromatic carbocycles. The van der Waals surface area contributed by atoms with Crippen LogP contribution >= 0.6 is 12.4 Å². The van der Waals surface area contributed by atoms with Crippen molar-refractivity contribution < 1.29 is 4.79 Å². The lowest BCUT2D eigenvalue weighted by Gasteiger charge is -2.32. The highest BCUT2D eigenvalue weighted by atomic mass is 35.5. The molecule has 1 aromatic heterocycles. The van der Waals surface area contributed by atoms with Crippen molar-refractivity contribution in [2.45, 2.75) is 51.1 Å². The topological polar surface area (TPSA) is 63.1 Å². The number of halogens is 1. The van der Waals surface area contributed by atoms with E-state index in [0.29, 0.717) is 17.7 Å². The zero-order valence-corrected chi connectivity index (χ0v) is 17.1. The van der Waals surface area contributed by atoms with E-state index >= 15 is 0 Å². The predicted molar refractivity (Wildman–Crippen MR) is 110 cm³/mol. The molecule has 1 amide bonds. The normalized spacial score (nSPS) is 24.4. The summed E-state index contributed by atoms with van der Waals surface area (Å²) >= 11 is 0. The lowest BCUT2D eigenvalue weighted by Crippen LogP contribution is -2.39. The molecule has 6 nitrogen and oxygen atoms in total. The van der Waals surface area contributed by atoms with Gasteiger partial charge in [0.15, 0.2) is 0 Å². The molecule has 0 radical (unpaired) electrons. The third-order valence-corrected chi connectivity index (χ3v) is 6.52. The molecule has 1 saturated heterocycles. The maximum absolute atomic E-state index is 13.0. The van der Waals surface area contributed by atoms with Crippen molar-refractivity contribution in [3.8, 4) is 0 Å². The number of likely N-dealkylation sites (tertiary alicyclic amines) is 1. The van der Waals surface area contributed by atoms with Gasteiger partial charge in [0.2, 0.25) is 5.91 Å². The highest BCUT2D eigenvalue weighted by Crippen LogP contribution is 2.49. The van der Waals surface area contributed by atoms with Crippen molar-refractivity contribution in [3.63, 3.8) is 0 Å². The van der Waals surface area contributed by atoms with E-state index < -0.39 is 0 Å². The Morgan fingerprint density at radius 1 is 1.14 bits per heavy atom. The number of aromatic nitrogens is 3. The molecule has 1 saturated carbocycles. The minimum atomic E-state index is 0. The summed E-state index contributed by atoms with van der Waals surface area (Å²) in [4.78, 5) is 15.1. The number of carbonyl (C=O) groups is 1. The van der Waals surface area contributed by atoms with Gasteiger partial charge >= 0.3 is 0 Å². The first kappa shape index (κ1) is 19.4. The van der Waals surface area contributed by atoms with E-state index in [4.69, 9.17) is 0 Å². The number of hydrogen-bond acceptors (Lipinski definition) is 4. The molecular formula is C21H28ClN5O. The van der Waals surface area contributed by atoms with Crippen LogP contribution in [-0.2, 0) is 17.9 Å². The fourth-order valence-corrected chi connectivity index (χ4v) is 4.82. The third kappa shape index (κ3) is 3.44. The summed E-state index contributed by atoms with van der Waals surface area (Å²) in [6, 6.07) is 8.49. The number of rotatable bonds is 3. The number of carbonyl (C=O) groups excluding carboxylic acids is 1. The number of piperidine rings is 1. The summed E-state index contributed by atoms with van der Waals surface area (Å²) in [6.45, 7) is 6.60. The first-order chi connectivity index (χ1) is 13.2. The van der Waals surface area contributed by atoms with Crippen molar-refractivity contribution in [2.24, 2.45) is 5.92 Å². The Morgan fingerprint density at radius 3 is 2.71 bits per heavy atom. The van der Waals surface area contributed by atoms with E-state index in [1.807, 2.05) is 0 Å². The lowest BCUT2D eigenvalue weighted by atomic mass is 9.95. The largest absolute Gasteiger partial charge is 0.342 e. The van der Waals surface area contributed by atoms with E-state index in [9.17, 15) is 4.79 Å². The molecule has 150 valence electrons. The van der Waals surface area contributed by atoms with Crippen LogP contribution in [0.3, 0.4) is 0 Å². The van der Waals surface area contributed by atoms with Gasteiger partial charge in [-0.3, -0.25) is 4.79 Å². The first-order valence-corrected chi connectivity index (χ1v) is 10.2. The lowest BCUT2D eigenvalue weighted by molar-refractivity contribution is -0.133. The second kappa shape index (κ2) is 7.84. The van der Waals surface area contributed by atoms with Crippen LogP contribution in [0, 0.1) is 12.8 Å². The number of fused-ring (bicyclic) bond motifs is 1. The Bertz CT molecular complexity index is 858. The van der Waals surface area contributed by atoms with Gasteiger partial charge in [-0.05, 0) is 43.2 Å². The molecule has 2 unspecified atom stereocenters. The molecule has 2 aromatic rings. The average Bonchev–Trinajstić information content (AvgIpc) is 3.38. The summed E-state index contributed by atoms with van der Waals surface area (Å²) < 4.78 is 2.29. The molecule has 2 fully saturated rings. The van der Waals surface area contributed by atoms with Gasteiger partial charge in [0.1, 0.15) is 11.6 Å². The number of benzene rings is 1. The van der Waals surface area contributed by atoms with Gasteiger partial charge in [-0.2, -0.15) is 0 Å². The highest BCUT2D eigenvalue weighted by molar-refractivity contribution is 5.85. The zero-order chi connectivity index (χ0) is 18.4. The number of nitrogens with zero attached hydrogens (tertiary/aromatic N) is 4. The van der Waals surface area contributed by atoms with Crippen LogP contribution in [0.5, 0.6) is 0 Å². The smallest absolute Gasteiger partial charge is 0.226 e. The third-order valence-electron chi connectivity index (χ3n) is 6.52. The first-order valence-electron chi connectivity index (χ1n) is 10.2. The van der Waals surface area contributed by atoms with Crippen LogP contribution in [0.15, 0.2) is 24.3 Å². The highest BCUT2D eigenvalue weighted by Gasteiger charge is 2.46. The predicted octanol–water partition coefficient (Wildman–Crippen LogP) is 2.62. The van der Waals surface area contributed by atoms with Crippen molar-refractivity contribution >= 4 is 18.3 Å². The van der Waals surface area contributed by atoms with Gasteiger partial charge in [-0.25, -0.2) is 0 Å². The summed E-state index contributed by atoms with van der Waals surface area (Å²) in [6.07, 6.45) is 3.01. The summed E-state index contributed by atoms with van der Waals surface area (Å²) in [5, 5.41) is 12.2. The molecule has 7 heteroatoms. The van der Waals surface area contributed by atoms with Crippen molar-refractivity contribution in [1.82, 2.24) is 25.0 Å². The van der Waals surface area contributed by atoms with Crippen molar-refractivity contribution in [2.75, 3.05) is 19.6 Å². The van der Waals surface area contributed by atoms with E-state index in [1.54, 1.807) is 0 Å². The Kier molecular flexibility index (Phi) is 5.43. The fourth-order valence-electron chi connectivity index (χ4n) is 4.82. The number of aryl methyl sites for hydroxylation is 1. The molecule has 1 aliphatic carbocycles. The Labute approximate surface area is 172 Å². The van der Waals surface area contributed by atoms with Crippen LogP contribution in [0.4, 0.5) is 0 Å². The molecule has 2 atom stereocenters. The molecule has 1 N–H and O–H groups in total. The van der Waals surface area contributed by atoms with Crippen LogP contribution in [0.2, 0.25) is 0 Å². The quantitative estimate of drug-likeness (QED) is 0.858. The van der Waals surface area contributed by atoms with Crippen LogP contribution in [0.25, 0.3) is 0 Å². The second-order valence-corrected chi connectivity index (χ2v) is 8.21. The van der Waals surface area contributed by atoms with Crippen LogP contribution < -0.4 is 5.32 Å². The average molecular weight is 402 g/mol. The van der Waals surface area contributed by atoms with Gasteiger partial charge < -0.3 is 14.8 Å². The molecular weight excluding hydrogens is 374 g/mol. The molecule has 2 aliphatic heterocycles. The molecule has 0 bridgehead atoms. The van der Waals surface area contributed by atoms with E-state index in [2.05, 4.69) is 56.2 Å². The van der Waals surface area contributed by atoms with Gasteiger partial charge in [-0.1, -0.05) is 24.3 Å². The summed E-state index contributed by atoms with van der Waals surface area (Å²) in [7, 11) is 0. The van der Waals surface area contributed by atoms with Crippen LogP contribution in [0.1, 0.15) is 53.9 Å². The molecule has 3 aliphatic rings. The maximum Gasteiger partial charge on any atom is 0.226 e. The SMILES string of the molecule is Cc1ccccc1C1CC1C(=O)N1CCC(c2nnc3n2CCNC3)CC1.Cl. The number of nitrogens with one attached hydrogen (secondary N) is 1.